The number of hydrogen-bond acceptors (Lipinski definition) is 2. The summed E-state index contributed by atoms with van der Waals surface area (Å²) < 4.78 is 2.28. The summed E-state index contributed by atoms with van der Waals surface area (Å²) in [4.78, 5) is 14.5. The van der Waals surface area contributed by atoms with Crippen LogP contribution in [0.2, 0.25) is 0 Å². The Labute approximate surface area is 190 Å². The highest BCUT2D eigenvalue weighted by molar-refractivity contribution is 8.04. The first kappa shape index (κ1) is 19.0. The van der Waals surface area contributed by atoms with Crippen molar-refractivity contribution in [3.05, 3.63) is 113 Å². The molecule has 1 aromatic heterocycles. The lowest BCUT2D eigenvalue weighted by atomic mass is 10.0. The van der Waals surface area contributed by atoms with Crippen LogP contribution < -0.4 is 5.32 Å². The van der Waals surface area contributed by atoms with Crippen LogP contribution in [0.3, 0.4) is 0 Å². The minimum Gasteiger partial charge on any atom is -0.342 e. The lowest BCUT2D eigenvalue weighted by Gasteiger charge is -2.18. The summed E-state index contributed by atoms with van der Waals surface area (Å²) in [5.41, 5.74) is 4.37. The van der Waals surface area contributed by atoms with E-state index in [1.807, 2.05) is 30.3 Å². The van der Waals surface area contributed by atoms with Crippen molar-refractivity contribution in [1.29, 1.82) is 0 Å². The second-order valence-electron chi connectivity index (χ2n) is 7.93. The molecule has 4 heteroatoms. The van der Waals surface area contributed by atoms with Crippen LogP contribution in [0.1, 0.15) is 11.1 Å². The average molecular weight is 433 g/mol. The molecule has 4 aromatic carbocycles. The summed E-state index contributed by atoms with van der Waals surface area (Å²) >= 11 is 1.52. The number of aromatic nitrogens is 1. The molecule has 0 atom stereocenters. The zero-order chi connectivity index (χ0) is 21.5. The van der Waals surface area contributed by atoms with Crippen molar-refractivity contribution in [3.63, 3.8) is 0 Å². The lowest BCUT2D eigenvalue weighted by Crippen LogP contribution is -2.16. The van der Waals surface area contributed by atoms with E-state index in [-0.39, 0.29) is 5.91 Å². The second kappa shape index (κ2) is 7.74. The molecule has 32 heavy (non-hydrogen) atoms. The Morgan fingerprint density at radius 2 is 1.56 bits per heavy atom. The summed E-state index contributed by atoms with van der Waals surface area (Å²) in [6.07, 6.45) is 4.17. The number of nitrogens with one attached hydrogen (secondary N) is 1. The van der Waals surface area contributed by atoms with Crippen molar-refractivity contribution in [2.45, 2.75) is 11.4 Å². The number of carbonyl (C=O) groups excluding carboxylic acids is 1. The molecule has 1 amide bonds. The fraction of sp³-hybridized carbons (Fsp3) is 0.0357. The number of thioether (sulfide) groups is 1. The summed E-state index contributed by atoms with van der Waals surface area (Å²) in [6.45, 7) is 0.771. The minimum absolute atomic E-state index is 0.0559. The zero-order valence-corrected chi connectivity index (χ0v) is 18.1. The van der Waals surface area contributed by atoms with E-state index >= 15 is 0 Å². The molecule has 1 aliphatic rings. The number of anilines is 1. The van der Waals surface area contributed by atoms with Gasteiger partial charge in [-0.15, -0.1) is 0 Å². The van der Waals surface area contributed by atoms with Crippen LogP contribution in [0.15, 0.2) is 107 Å². The predicted molar refractivity (Wildman–Crippen MR) is 134 cm³/mol. The Hall–Kier alpha value is -3.76. The van der Waals surface area contributed by atoms with E-state index in [1.54, 1.807) is 0 Å². The van der Waals surface area contributed by atoms with Gasteiger partial charge < -0.3 is 9.88 Å². The van der Waals surface area contributed by atoms with Gasteiger partial charge in [0.25, 0.3) is 5.91 Å². The number of nitrogens with zero attached hydrogens (tertiary/aromatic N) is 1. The Balaban J connectivity index is 1.43. The predicted octanol–water partition coefficient (Wildman–Crippen LogP) is 6.93. The highest BCUT2D eigenvalue weighted by atomic mass is 32.2. The first-order chi connectivity index (χ1) is 15.8. The summed E-state index contributed by atoms with van der Waals surface area (Å²) in [7, 11) is 0. The van der Waals surface area contributed by atoms with E-state index < -0.39 is 0 Å². The Kier molecular flexibility index (Phi) is 4.58. The maximum absolute atomic E-state index is 12.7. The van der Waals surface area contributed by atoms with Gasteiger partial charge in [0.15, 0.2) is 0 Å². The molecule has 0 saturated heterocycles. The van der Waals surface area contributed by atoms with Crippen molar-refractivity contribution in [2.75, 3.05) is 5.32 Å². The van der Waals surface area contributed by atoms with Crippen LogP contribution in [0.4, 0.5) is 5.69 Å². The van der Waals surface area contributed by atoms with E-state index in [0.29, 0.717) is 4.91 Å². The summed E-state index contributed by atoms with van der Waals surface area (Å²) in [6, 6.07) is 31.3. The molecule has 0 spiro atoms. The Morgan fingerprint density at radius 1 is 0.812 bits per heavy atom. The number of hydrogen-bond donors (Lipinski definition) is 1. The molecule has 1 N–H and O–H groups in total. The standard InChI is InChI=1S/C28H20N2OS/c31-28-27(32-26-15-6-4-13-24(26)29-28)16-21-18-30(25-14-5-3-12-23(21)25)17-20-10-7-9-19-8-1-2-11-22(19)20/h1-16,18H,17H2,(H,29,31)/b27-16-. The molecule has 0 bridgehead atoms. The van der Waals surface area contributed by atoms with Crippen LogP contribution in [0, 0.1) is 0 Å². The zero-order valence-electron chi connectivity index (χ0n) is 17.3. The maximum atomic E-state index is 12.7. The third-order valence-electron chi connectivity index (χ3n) is 5.91. The van der Waals surface area contributed by atoms with Gasteiger partial charge in [0.2, 0.25) is 0 Å². The molecule has 1 aliphatic heterocycles. The van der Waals surface area contributed by atoms with Gasteiger partial charge in [0.1, 0.15) is 0 Å². The Morgan fingerprint density at radius 3 is 2.50 bits per heavy atom. The van der Waals surface area contributed by atoms with Crippen molar-refractivity contribution in [3.8, 4) is 0 Å². The largest absolute Gasteiger partial charge is 0.342 e. The minimum atomic E-state index is -0.0559. The van der Waals surface area contributed by atoms with Crippen LogP contribution in [-0.4, -0.2) is 10.5 Å². The SMILES string of the molecule is O=C1Nc2ccccc2S/C1=C\c1cn(Cc2cccc3ccccc23)c2ccccc12. The van der Waals surface area contributed by atoms with Crippen LogP contribution in [0.5, 0.6) is 0 Å². The molecular formula is C28H20N2OS. The highest BCUT2D eigenvalue weighted by Gasteiger charge is 2.21. The van der Waals surface area contributed by atoms with Gasteiger partial charge in [-0.05, 0) is 40.6 Å². The fourth-order valence-corrected chi connectivity index (χ4v) is 5.32. The fourth-order valence-electron chi connectivity index (χ4n) is 4.38. The number of benzene rings is 4. The van der Waals surface area contributed by atoms with E-state index in [9.17, 15) is 4.79 Å². The van der Waals surface area contributed by atoms with Gasteiger partial charge >= 0.3 is 0 Å². The molecular weight excluding hydrogens is 412 g/mol. The third-order valence-corrected chi connectivity index (χ3v) is 7.00. The smallest absolute Gasteiger partial charge is 0.262 e. The summed E-state index contributed by atoms with van der Waals surface area (Å²) in [5, 5.41) is 6.67. The van der Waals surface area contributed by atoms with E-state index in [4.69, 9.17) is 0 Å². The van der Waals surface area contributed by atoms with Gasteiger partial charge in [0, 0.05) is 34.1 Å². The monoisotopic (exact) mass is 432 g/mol. The van der Waals surface area contributed by atoms with Crippen molar-refractivity contribution >= 4 is 51.1 Å². The van der Waals surface area contributed by atoms with E-state index in [0.717, 1.165) is 33.6 Å². The molecule has 0 saturated carbocycles. The third kappa shape index (κ3) is 3.29. The number of para-hydroxylation sites is 2. The first-order valence-electron chi connectivity index (χ1n) is 10.6. The van der Waals surface area contributed by atoms with Crippen molar-refractivity contribution in [1.82, 2.24) is 4.57 Å². The second-order valence-corrected chi connectivity index (χ2v) is 9.01. The first-order valence-corrected chi connectivity index (χ1v) is 11.4. The number of rotatable bonds is 3. The van der Waals surface area contributed by atoms with E-state index in [2.05, 4.69) is 82.8 Å². The van der Waals surface area contributed by atoms with Crippen molar-refractivity contribution < 1.29 is 4.79 Å². The van der Waals surface area contributed by atoms with Crippen molar-refractivity contribution in [2.24, 2.45) is 0 Å². The molecule has 3 nitrogen and oxygen atoms in total. The molecule has 2 heterocycles. The maximum Gasteiger partial charge on any atom is 0.262 e. The summed E-state index contributed by atoms with van der Waals surface area (Å²) in [5.74, 6) is -0.0559. The highest BCUT2D eigenvalue weighted by Crippen LogP contribution is 2.39. The van der Waals surface area contributed by atoms with E-state index in [1.165, 1.54) is 28.1 Å². The molecule has 0 aliphatic carbocycles. The van der Waals surface area contributed by atoms with Crippen LogP contribution >= 0.6 is 11.8 Å². The van der Waals surface area contributed by atoms with Gasteiger partial charge in [-0.2, -0.15) is 0 Å². The van der Waals surface area contributed by atoms with Gasteiger partial charge in [-0.1, -0.05) is 84.6 Å². The lowest BCUT2D eigenvalue weighted by molar-refractivity contribution is -0.112. The number of amides is 1. The molecule has 0 unspecified atom stereocenters. The topological polar surface area (TPSA) is 34.0 Å². The molecule has 6 rings (SSSR count). The Bertz CT molecular complexity index is 1520. The van der Waals surface area contributed by atoms with Gasteiger partial charge in [0.05, 0.1) is 10.6 Å². The van der Waals surface area contributed by atoms with Crippen LogP contribution in [0.25, 0.3) is 27.8 Å². The molecule has 0 radical (unpaired) electrons. The molecule has 0 fully saturated rings. The van der Waals surface area contributed by atoms with Gasteiger partial charge in [-0.25, -0.2) is 0 Å². The van der Waals surface area contributed by atoms with Crippen LogP contribution in [-0.2, 0) is 11.3 Å². The quantitative estimate of drug-likeness (QED) is 0.314. The number of fused-ring (bicyclic) bond motifs is 3. The average Bonchev–Trinajstić information content (AvgIpc) is 3.17. The molecule has 154 valence electrons. The van der Waals surface area contributed by atoms with Gasteiger partial charge in [-0.3, -0.25) is 4.79 Å². The molecule has 5 aromatic rings. The normalized spacial score (nSPS) is 14.6. The number of carbonyl (C=O) groups is 1.